The summed E-state index contributed by atoms with van der Waals surface area (Å²) in [7, 11) is 0. The van der Waals surface area contributed by atoms with Crippen molar-refractivity contribution in [2.75, 3.05) is 18.5 Å². The molecule has 5 nitrogen and oxygen atoms in total. The molecule has 3 N–H and O–H groups in total. The van der Waals surface area contributed by atoms with E-state index in [4.69, 9.17) is 4.74 Å². The summed E-state index contributed by atoms with van der Waals surface area (Å²) in [4.78, 5) is 12.1. The average Bonchev–Trinajstić information content (AvgIpc) is 2.54. The lowest BCUT2D eigenvalue weighted by molar-refractivity contribution is 0.108. The second kappa shape index (κ2) is 8.53. The van der Waals surface area contributed by atoms with E-state index >= 15 is 0 Å². The molecular weight excluding hydrogens is 316 g/mol. The van der Waals surface area contributed by atoms with Crippen LogP contribution < -0.4 is 15.4 Å². The number of aryl methyl sites for hydroxylation is 4. The number of carbonyl (C=O) groups excluding carboxylic acids is 1. The monoisotopic (exact) mass is 342 g/mol. The number of hydrogen-bond donors (Lipinski definition) is 3. The third-order valence-corrected chi connectivity index (χ3v) is 3.85. The molecule has 25 heavy (non-hydrogen) atoms. The van der Waals surface area contributed by atoms with Crippen LogP contribution in [0.3, 0.4) is 0 Å². The quantitative estimate of drug-likeness (QED) is 0.753. The first-order chi connectivity index (χ1) is 11.8. The van der Waals surface area contributed by atoms with E-state index in [1.165, 1.54) is 0 Å². The van der Waals surface area contributed by atoms with E-state index in [-0.39, 0.29) is 19.2 Å². The zero-order valence-electron chi connectivity index (χ0n) is 15.2. The maximum absolute atomic E-state index is 12.1. The minimum Gasteiger partial charge on any atom is -0.491 e. The molecule has 1 atom stereocenters. The molecule has 5 heteroatoms. The van der Waals surface area contributed by atoms with Gasteiger partial charge in [-0.1, -0.05) is 29.8 Å². The van der Waals surface area contributed by atoms with Crippen LogP contribution in [0.4, 0.5) is 10.5 Å². The lowest BCUT2D eigenvalue weighted by Crippen LogP contribution is -2.38. The third kappa shape index (κ3) is 5.80. The average molecular weight is 342 g/mol. The molecule has 134 valence electrons. The molecule has 0 aliphatic heterocycles. The Morgan fingerprint density at radius 3 is 2.40 bits per heavy atom. The van der Waals surface area contributed by atoms with Crippen molar-refractivity contribution in [3.8, 4) is 5.75 Å². The maximum atomic E-state index is 12.1. The summed E-state index contributed by atoms with van der Waals surface area (Å²) in [6, 6.07) is 11.3. The fourth-order valence-corrected chi connectivity index (χ4v) is 2.70. The van der Waals surface area contributed by atoms with Gasteiger partial charge < -0.3 is 20.5 Å². The molecule has 0 heterocycles. The van der Waals surface area contributed by atoms with Crippen LogP contribution in [-0.2, 0) is 0 Å². The minimum absolute atomic E-state index is 0.113. The van der Waals surface area contributed by atoms with Gasteiger partial charge in [0.1, 0.15) is 18.5 Å². The largest absolute Gasteiger partial charge is 0.491 e. The van der Waals surface area contributed by atoms with Gasteiger partial charge in [0.25, 0.3) is 0 Å². The standard InChI is InChI=1S/C20H26N2O3/c1-13-6-5-7-18(10-13)25-12-17(23)11-21-20(24)22-19-15(3)8-14(2)9-16(19)4/h5-10,17,23H,11-12H2,1-4H3,(H2,21,22,24). The molecule has 0 fully saturated rings. The normalized spacial score (nSPS) is 11.7. The number of benzene rings is 2. The second-order valence-electron chi connectivity index (χ2n) is 6.39. The van der Waals surface area contributed by atoms with Gasteiger partial charge in [0.05, 0.1) is 0 Å². The van der Waals surface area contributed by atoms with E-state index in [2.05, 4.69) is 10.6 Å². The van der Waals surface area contributed by atoms with Gasteiger partial charge in [0, 0.05) is 12.2 Å². The van der Waals surface area contributed by atoms with Crippen LogP contribution in [0, 0.1) is 27.7 Å². The van der Waals surface area contributed by atoms with Crippen molar-refractivity contribution in [2.45, 2.75) is 33.8 Å². The van der Waals surface area contributed by atoms with Crippen LogP contribution in [-0.4, -0.2) is 30.4 Å². The molecule has 0 saturated heterocycles. The zero-order valence-corrected chi connectivity index (χ0v) is 15.2. The third-order valence-electron chi connectivity index (χ3n) is 3.85. The molecule has 0 aliphatic carbocycles. The zero-order chi connectivity index (χ0) is 18.4. The number of rotatable bonds is 6. The van der Waals surface area contributed by atoms with Crippen LogP contribution in [0.5, 0.6) is 5.75 Å². The number of urea groups is 1. The molecule has 0 spiro atoms. The summed E-state index contributed by atoms with van der Waals surface area (Å²) in [5, 5.41) is 15.5. The van der Waals surface area contributed by atoms with Crippen LogP contribution in [0.2, 0.25) is 0 Å². The van der Waals surface area contributed by atoms with E-state index in [1.807, 2.05) is 64.1 Å². The first kappa shape index (κ1) is 18.8. The van der Waals surface area contributed by atoms with Crippen LogP contribution in [0.15, 0.2) is 36.4 Å². The van der Waals surface area contributed by atoms with Crippen molar-refractivity contribution in [1.29, 1.82) is 0 Å². The van der Waals surface area contributed by atoms with Gasteiger partial charge in [-0.25, -0.2) is 4.79 Å². The van der Waals surface area contributed by atoms with Crippen LogP contribution in [0.1, 0.15) is 22.3 Å². The van der Waals surface area contributed by atoms with E-state index in [1.54, 1.807) is 0 Å². The molecule has 0 radical (unpaired) electrons. The highest BCUT2D eigenvalue weighted by Crippen LogP contribution is 2.21. The Morgan fingerprint density at radius 2 is 1.76 bits per heavy atom. The van der Waals surface area contributed by atoms with E-state index in [0.29, 0.717) is 5.75 Å². The van der Waals surface area contributed by atoms with E-state index < -0.39 is 6.10 Å². The van der Waals surface area contributed by atoms with Gasteiger partial charge >= 0.3 is 6.03 Å². The van der Waals surface area contributed by atoms with Crippen molar-refractivity contribution >= 4 is 11.7 Å². The molecular formula is C20H26N2O3. The van der Waals surface area contributed by atoms with Crippen LogP contribution in [0.25, 0.3) is 0 Å². The van der Waals surface area contributed by atoms with Crippen molar-refractivity contribution in [2.24, 2.45) is 0 Å². The number of aliphatic hydroxyl groups is 1. The van der Waals surface area contributed by atoms with E-state index in [9.17, 15) is 9.90 Å². The number of nitrogens with one attached hydrogen (secondary N) is 2. The Labute approximate surface area is 149 Å². The van der Waals surface area contributed by atoms with Gasteiger partial charge in [-0.3, -0.25) is 0 Å². The molecule has 0 saturated carbocycles. The Balaban J connectivity index is 1.79. The highest BCUT2D eigenvalue weighted by molar-refractivity contribution is 5.91. The Bertz CT molecular complexity index is 720. The number of amides is 2. The fraction of sp³-hybridized carbons (Fsp3) is 0.350. The first-order valence-corrected chi connectivity index (χ1v) is 8.35. The molecule has 0 aliphatic rings. The molecule has 2 amide bonds. The molecule has 2 rings (SSSR count). The Kier molecular flexibility index (Phi) is 6.42. The first-order valence-electron chi connectivity index (χ1n) is 8.35. The Morgan fingerprint density at radius 1 is 1.08 bits per heavy atom. The van der Waals surface area contributed by atoms with Gasteiger partial charge in [-0.2, -0.15) is 0 Å². The van der Waals surface area contributed by atoms with Crippen molar-refractivity contribution in [3.05, 3.63) is 58.7 Å². The van der Waals surface area contributed by atoms with Crippen molar-refractivity contribution in [1.82, 2.24) is 5.32 Å². The number of carbonyl (C=O) groups is 1. The topological polar surface area (TPSA) is 70.6 Å². The second-order valence-corrected chi connectivity index (χ2v) is 6.39. The number of aliphatic hydroxyl groups excluding tert-OH is 1. The van der Waals surface area contributed by atoms with Gasteiger partial charge in [0.2, 0.25) is 0 Å². The van der Waals surface area contributed by atoms with Gasteiger partial charge in [-0.15, -0.1) is 0 Å². The molecule has 2 aromatic rings. The predicted molar refractivity (Wildman–Crippen MR) is 100 cm³/mol. The molecule has 0 bridgehead atoms. The minimum atomic E-state index is -0.786. The van der Waals surface area contributed by atoms with Crippen molar-refractivity contribution in [3.63, 3.8) is 0 Å². The molecule has 2 aromatic carbocycles. The smallest absolute Gasteiger partial charge is 0.319 e. The lowest BCUT2D eigenvalue weighted by atomic mass is 10.1. The molecule has 1 unspecified atom stereocenters. The fourth-order valence-electron chi connectivity index (χ4n) is 2.70. The summed E-state index contributed by atoms with van der Waals surface area (Å²) in [5.41, 5.74) is 5.07. The number of ether oxygens (including phenoxy) is 1. The number of anilines is 1. The summed E-state index contributed by atoms with van der Waals surface area (Å²) in [6.45, 7) is 8.15. The highest BCUT2D eigenvalue weighted by Gasteiger charge is 2.11. The van der Waals surface area contributed by atoms with E-state index in [0.717, 1.165) is 27.9 Å². The summed E-state index contributed by atoms with van der Waals surface area (Å²) in [5.74, 6) is 0.703. The predicted octanol–water partition coefficient (Wildman–Crippen LogP) is 3.48. The van der Waals surface area contributed by atoms with Crippen molar-refractivity contribution < 1.29 is 14.6 Å². The summed E-state index contributed by atoms with van der Waals surface area (Å²) >= 11 is 0. The summed E-state index contributed by atoms with van der Waals surface area (Å²) < 4.78 is 5.53. The number of hydrogen-bond acceptors (Lipinski definition) is 3. The van der Waals surface area contributed by atoms with Crippen LogP contribution >= 0.6 is 0 Å². The maximum Gasteiger partial charge on any atom is 0.319 e. The van der Waals surface area contributed by atoms with Gasteiger partial charge in [0.15, 0.2) is 0 Å². The highest BCUT2D eigenvalue weighted by atomic mass is 16.5. The summed E-state index contributed by atoms with van der Waals surface area (Å²) in [6.07, 6.45) is -0.786. The lowest BCUT2D eigenvalue weighted by Gasteiger charge is -2.16. The molecule has 0 aromatic heterocycles. The Hall–Kier alpha value is -2.53. The van der Waals surface area contributed by atoms with Gasteiger partial charge in [-0.05, 0) is 56.5 Å². The SMILES string of the molecule is Cc1cccc(OCC(O)CNC(=O)Nc2c(C)cc(C)cc2C)c1.